The van der Waals surface area contributed by atoms with E-state index >= 15 is 0 Å². The lowest BCUT2D eigenvalue weighted by molar-refractivity contribution is -0.384. The van der Waals surface area contributed by atoms with Gasteiger partial charge in [-0.1, -0.05) is 0 Å². The maximum atomic E-state index is 11.8. The van der Waals surface area contributed by atoms with E-state index in [-0.39, 0.29) is 15.7 Å². The van der Waals surface area contributed by atoms with E-state index in [0.717, 1.165) is 6.07 Å². The number of amides is 1. The molecule has 102 valence electrons. The fourth-order valence-electron chi connectivity index (χ4n) is 1.22. The lowest BCUT2D eigenvalue weighted by Crippen LogP contribution is -2.43. The van der Waals surface area contributed by atoms with Crippen LogP contribution in [0.2, 0.25) is 0 Å². The number of benzene rings is 1. The van der Waals surface area contributed by atoms with Crippen LogP contribution in [0.15, 0.2) is 22.7 Å². The van der Waals surface area contributed by atoms with Gasteiger partial charge in [0.2, 0.25) is 0 Å². The number of carboxylic acid groups (broad SMARTS) is 1. The molecule has 0 aliphatic carbocycles. The van der Waals surface area contributed by atoms with Crippen molar-refractivity contribution >= 4 is 33.5 Å². The Balaban J connectivity index is 3.02. The van der Waals surface area contributed by atoms with Gasteiger partial charge in [0.25, 0.3) is 11.6 Å². The van der Waals surface area contributed by atoms with Gasteiger partial charge in [0.05, 0.1) is 17.1 Å². The van der Waals surface area contributed by atoms with E-state index in [1.807, 2.05) is 5.32 Å². The van der Waals surface area contributed by atoms with Crippen LogP contribution in [-0.2, 0) is 4.79 Å². The maximum absolute atomic E-state index is 11.8. The van der Waals surface area contributed by atoms with Crippen LogP contribution in [-0.4, -0.2) is 39.7 Å². The molecule has 19 heavy (non-hydrogen) atoms. The number of aliphatic hydroxyl groups is 1. The minimum atomic E-state index is -1.47. The quantitative estimate of drug-likeness (QED) is 0.532. The van der Waals surface area contributed by atoms with Crippen LogP contribution < -0.4 is 5.32 Å². The smallest absolute Gasteiger partial charge is 0.328 e. The van der Waals surface area contributed by atoms with Crippen LogP contribution >= 0.6 is 15.9 Å². The number of carbonyl (C=O) groups excluding carboxylic acids is 1. The monoisotopic (exact) mass is 332 g/mol. The van der Waals surface area contributed by atoms with E-state index < -0.39 is 29.4 Å². The molecule has 0 heterocycles. The first-order valence-electron chi connectivity index (χ1n) is 4.95. The van der Waals surface area contributed by atoms with Gasteiger partial charge in [0.1, 0.15) is 0 Å². The zero-order valence-corrected chi connectivity index (χ0v) is 11.0. The van der Waals surface area contributed by atoms with Crippen LogP contribution in [0.4, 0.5) is 5.69 Å². The molecule has 8 nitrogen and oxygen atoms in total. The molecule has 0 aliphatic rings. The van der Waals surface area contributed by atoms with E-state index in [1.165, 1.54) is 12.1 Å². The molecule has 0 radical (unpaired) electrons. The van der Waals surface area contributed by atoms with Crippen molar-refractivity contribution in [1.29, 1.82) is 0 Å². The molecule has 0 saturated carbocycles. The topological polar surface area (TPSA) is 130 Å². The second-order valence-electron chi connectivity index (χ2n) is 3.47. The lowest BCUT2D eigenvalue weighted by atomic mass is 10.1. The molecule has 9 heteroatoms. The second-order valence-corrected chi connectivity index (χ2v) is 4.32. The normalized spacial score (nSPS) is 11.7. The Hall–Kier alpha value is -2.00. The summed E-state index contributed by atoms with van der Waals surface area (Å²) in [5.74, 6) is -2.24. The van der Waals surface area contributed by atoms with E-state index in [2.05, 4.69) is 15.9 Å². The molecule has 0 bridgehead atoms. The van der Waals surface area contributed by atoms with Gasteiger partial charge in [-0.05, 0) is 22.0 Å². The highest BCUT2D eigenvalue weighted by Gasteiger charge is 2.22. The summed E-state index contributed by atoms with van der Waals surface area (Å²) in [5, 5.41) is 30.1. The van der Waals surface area contributed by atoms with E-state index in [4.69, 9.17) is 10.2 Å². The lowest BCUT2D eigenvalue weighted by Gasteiger charge is -2.12. The molecule has 0 aliphatic heterocycles. The summed E-state index contributed by atoms with van der Waals surface area (Å²) in [6, 6.07) is 2.04. The number of carbonyl (C=O) groups is 2. The predicted octanol–water partition coefficient (Wildman–Crippen LogP) is 0.533. The maximum Gasteiger partial charge on any atom is 0.328 e. The highest BCUT2D eigenvalue weighted by atomic mass is 79.9. The summed E-state index contributed by atoms with van der Waals surface area (Å²) in [6.07, 6.45) is 0. The average molecular weight is 333 g/mol. The van der Waals surface area contributed by atoms with Crippen molar-refractivity contribution in [1.82, 2.24) is 5.32 Å². The molecule has 0 fully saturated rings. The molecule has 0 spiro atoms. The van der Waals surface area contributed by atoms with Gasteiger partial charge in [-0.3, -0.25) is 14.9 Å². The second kappa shape index (κ2) is 6.25. The van der Waals surface area contributed by atoms with E-state index in [0.29, 0.717) is 0 Å². The predicted molar refractivity (Wildman–Crippen MR) is 66.8 cm³/mol. The van der Waals surface area contributed by atoms with Crippen LogP contribution in [0.3, 0.4) is 0 Å². The molecular formula is C10H9BrN2O6. The van der Waals surface area contributed by atoms with Crippen LogP contribution in [0.1, 0.15) is 10.4 Å². The molecular weight excluding hydrogens is 324 g/mol. The van der Waals surface area contributed by atoms with Gasteiger partial charge in [0.15, 0.2) is 6.04 Å². The Kier molecular flexibility index (Phi) is 4.95. The first-order chi connectivity index (χ1) is 8.86. The van der Waals surface area contributed by atoms with Crippen molar-refractivity contribution < 1.29 is 24.7 Å². The molecule has 1 amide bonds. The minimum Gasteiger partial charge on any atom is -0.480 e. The number of nitrogens with one attached hydrogen (secondary N) is 1. The van der Waals surface area contributed by atoms with Gasteiger partial charge in [-0.2, -0.15) is 0 Å². The summed E-state index contributed by atoms with van der Waals surface area (Å²) >= 11 is 3.04. The van der Waals surface area contributed by atoms with Crippen LogP contribution in [0, 0.1) is 10.1 Å². The molecule has 1 rings (SSSR count). The number of aliphatic hydroxyl groups excluding tert-OH is 1. The zero-order chi connectivity index (χ0) is 14.6. The van der Waals surface area contributed by atoms with Crippen molar-refractivity contribution in [3.8, 4) is 0 Å². The third kappa shape index (κ3) is 3.73. The summed E-state index contributed by atoms with van der Waals surface area (Å²) in [6.45, 7) is -0.784. The van der Waals surface area contributed by atoms with Crippen molar-refractivity contribution in [3.05, 3.63) is 38.3 Å². The molecule has 1 aromatic carbocycles. The highest BCUT2D eigenvalue weighted by molar-refractivity contribution is 9.10. The fourth-order valence-corrected chi connectivity index (χ4v) is 1.65. The number of nitro groups is 1. The Morgan fingerprint density at radius 1 is 1.47 bits per heavy atom. The van der Waals surface area contributed by atoms with Gasteiger partial charge in [-0.15, -0.1) is 0 Å². The van der Waals surface area contributed by atoms with Crippen molar-refractivity contribution in [2.75, 3.05) is 6.61 Å². The molecule has 0 aromatic heterocycles. The number of hydrogen-bond donors (Lipinski definition) is 3. The third-order valence-corrected chi connectivity index (χ3v) is 2.88. The number of nitro benzene ring substituents is 1. The number of aliphatic carboxylic acids is 1. The zero-order valence-electron chi connectivity index (χ0n) is 9.37. The van der Waals surface area contributed by atoms with Gasteiger partial charge in [-0.25, -0.2) is 4.79 Å². The summed E-state index contributed by atoms with van der Waals surface area (Å²) in [7, 11) is 0. The minimum absolute atomic E-state index is 0.0890. The Morgan fingerprint density at radius 2 is 2.11 bits per heavy atom. The standard InChI is InChI=1S/C10H9BrN2O6/c11-7-2-1-5(13(18)19)3-6(7)9(15)12-8(4-14)10(16)17/h1-3,8,14H,4H2,(H,12,15)(H,16,17)/t8-/m0/s1. The number of non-ortho nitro benzene ring substituents is 1. The van der Waals surface area contributed by atoms with Crippen molar-refractivity contribution in [3.63, 3.8) is 0 Å². The summed E-state index contributed by atoms with van der Waals surface area (Å²) < 4.78 is 0.276. The number of carboxylic acids is 1. The van der Waals surface area contributed by atoms with Crippen molar-refractivity contribution in [2.45, 2.75) is 6.04 Å². The van der Waals surface area contributed by atoms with E-state index in [1.54, 1.807) is 0 Å². The van der Waals surface area contributed by atoms with Crippen LogP contribution in [0.5, 0.6) is 0 Å². The largest absolute Gasteiger partial charge is 0.480 e. The molecule has 1 atom stereocenters. The SMILES string of the molecule is O=C(N[C@@H](CO)C(=O)O)c1cc([N+](=O)[O-])ccc1Br. The van der Waals surface area contributed by atoms with Gasteiger partial charge >= 0.3 is 5.97 Å². The van der Waals surface area contributed by atoms with E-state index in [9.17, 15) is 19.7 Å². The first-order valence-corrected chi connectivity index (χ1v) is 5.74. The number of hydrogen-bond acceptors (Lipinski definition) is 5. The summed E-state index contributed by atoms with van der Waals surface area (Å²) in [5.41, 5.74) is -0.391. The molecule has 3 N–H and O–H groups in total. The molecule has 0 unspecified atom stereocenters. The Labute approximate surface area is 115 Å². The summed E-state index contributed by atoms with van der Waals surface area (Å²) in [4.78, 5) is 32.4. The van der Waals surface area contributed by atoms with Gasteiger partial charge in [0, 0.05) is 16.6 Å². The molecule has 1 aromatic rings. The molecule has 0 saturated heterocycles. The number of nitrogens with zero attached hydrogens (tertiary/aromatic N) is 1. The number of halogens is 1. The van der Waals surface area contributed by atoms with Gasteiger partial charge < -0.3 is 15.5 Å². The third-order valence-electron chi connectivity index (χ3n) is 2.19. The number of rotatable bonds is 5. The van der Waals surface area contributed by atoms with Crippen LogP contribution in [0.25, 0.3) is 0 Å². The highest BCUT2D eigenvalue weighted by Crippen LogP contribution is 2.22. The fraction of sp³-hybridized carbons (Fsp3) is 0.200. The Morgan fingerprint density at radius 3 is 2.58 bits per heavy atom. The first kappa shape index (κ1) is 15.1. The Bertz CT molecular complexity index is 533. The average Bonchev–Trinajstić information content (AvgIpc) is 2.35. The van der Waals surface area contributed by atoms with Crippen molar-refractivity contribution in [2.24, 2.45) is 0 Å².